The van der Waals surface area contributed by atoms with Gasteiger partial charge in [-0.1, -0.05) is 13.8 Å². The predicted octanol–water partition coefficient (Wildman–Crippen LogP) is 2.40. The van der Waals surface area contributed by atoms with Gasteiger partial charge in [0.1, 0.15) is 4.21 Å². The van der Waals surface area contributed by atoms with Crippen molar-refractivity contribution in [2.24, 2.45) is 5.41 Å². The van der Waals surface area contributed by atoms with Gasteiger partial charge in [-0.15, -0.1) is 11.3 Å². The molecule has 0 unspecified atom stereocenters. The van der Waals surface area contributed by atoms with E-state index in [2.05, 4.69) is 19.2 Å². The van der Waals surface area contributed by atoms with Gasteiger partial charge in [-0.2, -0.15) is 0 Å². The number of thiophene rings is 1. The first kappa shape index (κ1) is 18.4. The predicted molar refractivity (Wildman–Crippen MR) is 84.3 cm³/mol. The fourth-order valence-electron chi connectivity index (χ4n) is 1.61. The maximum absolute atomic E-state index is 11.9. The summed E-state index contributed by atoms with van der Waals surface area (Å²) in [7, 11) is 3.18. The second-order valence-electron chi connectivity index (χ2n) is 5.52. The van der Waals surface area contributed by atoms with E-state index in [0.29, 0.717) is 18.0 Å². The molecule has 0 aliphatic carbocycles. The smallest absolute Gasteiger partial charge is 0.270 e. The van der Waals surface area contributed by atoms with Crippen LogP contribution in [0.25, 0.3) is 0 Å². The summed E-state index contributed by atoms with van der Waals surface area (Å²) in [5.74, 6) is -0.138. The van der Waals surface area contributed by atoms with Crippen molar-refractivity contribution in [2.75, 3.05) is 20.3 Å². The normalized spacial score (nSPS) is 12.4. The third-order valence-corrected chi connectivity index (χ3v) is 6.14. The zero-order chi connectivity index (χ0) is 16.1. The van der Waals surface area contributed by atoms with Crippen LogP contribution in [0.3, 0.4) is 0 Å². The number of halogens is 1. The molecule has 0 radical (unpaired) electrons. The van der Waals surface area contributed by atoms with Gasteiger partial charge < -0.3 is 10.1 Å². The van der Waals surface area contributed by atoms with Crippen LogP contribution in [0.1, 0.15) is 25.1 Å². The number of amides is 1. The highest BCUT2D eigenvalue weighted by Crippen LogP contribution is 2.25. The Bertz CT molecular complexity index is 581. The molecule has 1 heterocycles. The average molecular weight is 354 g/mol. The molecule has 0 aromatic carbocycles. The number of hydrogen-bond donors (Lipinski definition) is 1. The van der Waals surface area contributed by atoms with Crippen LogP contribution in [0, 0.1) is 5.41 Å². The number of hydrogen-bond acceptors (Lipinski definition) is 5. The Hall–Kier alpha value is -0.630. The SMILES string of the molecule is COCCC(C)(C)CNC(=O)Cc1ccc(S(=O)(=O)Cl)s1. The molecule has 1 aromatic rings. The maximum atomic E-state index is 11.9. The summed E-state index contributed by atoms with van der Waals surface area (Å²) in [6, 6.07) is 3.02. The molecule has 8 heteroatoms. The van der Waals surface area contributed by atoms with Crippen molar-refractivity contribution in [3.63, 3.8) is 0 Å². The molecule has 5 nitrogen and oxygen atoms in total. The van der Waals surface area contributed by atoms with E-state index >= 15 is 0 Å². The third-order valence-electron chi connectivity index (χ3n) is 2.96. The molecule has 1 N–H and O–H groups in total. The Balaban J connectivity index is 2.49. The van der Waals surface area contributed by atoms with Crippen molar-refractivity contribution in [1.82, 2.24) is 5.32 Å². The van der Waals surface area contributed by atoms with Gasteiger partial charge in [0.25, 0.3) is 9.05 Å². The molecule has 1 rings (SSSR count). The third kappa shape index (κ3) is 6.78. The number of carbonyl (C=O) groups excluding carboxylic acids is 1. The zero-order valence-electron chi connectivity index (χ0n) is 12.3. The zero-order valence-corrected chi connectivity index (χ0v) is 14.7. The first-order valence-corrected chi connectivity index (χ1v) is 9.56. The van der Waals surface area contributed by atoms with Gasteiger partial charge >= 0.3 is 0 Å². The molecule has 21 heavy (non-hydrogen) atoms. The van der Waals surface area contributed by atoms with E-state index in [1.165, 1.54) is 6.07 Å². The topological polar surface area (TPSA) is 72.5 Å². The van der Waals surface area contributed by atoms with Crippen LogP contribution in [0.5, 0.6) is 0 Å². The summed E-state index contributed by atoms with van der Waals surface area (Å²) in [4.78, 5) is 12.5. The van der Waals surface area contributed by atoms with Crippen LogP contribution in [0.4, 0.5) is 0 Å². The molecular formula is C13H20ClNO4S2. The molecule has 120 valence electrons. The summed E-state index contributed by atoms with van der Waals surface area (Å²) in [6.45, 7) is 5.29. The molecule has 0 fully saturated rings. The highest BCUT2D eigenvalue weighted by Gasteiger charge is 2.19. The quantitative estimate of drug-likeness (QED) is 0.728. The monoisotopic (exact) mass is 353 g/mol. The summed E-state index contributed by atoms with van der Waals surface area (Å²) in [5, 5.41) is 2.86. The first-order valence-electron chi connectivity index (χ1n) is 6.43. The van der Waals surface area contributed by atoms with Gasteiger partial charge in [0, 0.05) is 35.8 Å². The maximum Gasteiger partial charge on any atom is 0.270 e. The number of carbonyl (C=O) groups is 1. The van der Waals surface area contributed by atoms with Crippen LogP contribution in [-0.2, 0) is 25.0 Å². The summed E-state index contributed by atoms with van der Waals surface area (Å²) >= 11 is 1.01. The second-order valence-corrected chi connectivity index (χ2v) is 9.48. The van der Waals surface area contributed by atoms with Crippen LogP contribution >= 0.6 is 22.0 Å². The Kier molecular flexibility index (Phi) is 6.65. The Morgan fingerprint density at radius 2 is 2.10 bits per heavy atom. The van der Waals surface area contributed by atoms with E-state index in [0.717, 1.165) is 17.8 Å². The van der Waals surface area contributed by atoms with Gasteiger partial charge in [0.05, 0.1) is 6.42 Å². The van der Waals surface area contributed by atoms with Crippen molar-refractivity contribution < 1.29 is 17.9 Å². The molecular weight excluding hydrogens is 334 g/mol. The lowest BCUT2D eigenvalue weighted by Gasteiger charge is -2.24. The van der Waals surface area contributed by atoms with Crippen molar-refractivity contribution >= 4 is 37.0 Å². The summed E-state index contributed by atoms with van der Waals surface area (Å²) in [5.41, 5.74) is -0.0498. The summed E-state index contributed by atoms with van der Waals surface area (Å²) < 4.78 is 27.4. The fourth-order valence-corrected chi connectivity index (χ4v) is 3.73. The van der Waals surface area contributed by atoms with Crippen LogP contribution in [-0.4, -0.2) is 34.6 Å². The number of nitrogens with one attached hydrogen (secondary N) is 1. The van der Waals surface area contributed by atoms with Crippen LogP contribution in [0.2, 0.25) is 0 Å². The highest BCUT2D eigenvalue weighted by molar-refractivity contribution is 8.15. The van der Waals surface area contributed by atoms with Gasteiger partial charge in [0.2, 0.25) is 5.91 Å². The first-order chi connectivity index (χ1) is 9.64. The minimum atomic E-state index is -3.72. The second kappa shape index (κ2) is 7.58. The van der Waals surface area contributed by atoms with E-state index in [1.807, 2.05) is 0 Å². The molecule has 0 atom stereocenters. The highest BCUT2D eigenvalue weighted by atomic mass is 35.7. The molecule has 0 spiro atoms. The molecule has 0 saturated carbocycles. The lowest BCUT2D eigenvalue weighted by atomic mass is 9.89. The molecule has 0 aliphatic rings. The van der Waals surface area contributed by atoms with Crippen molar-refractivity contribution in [3.05, 3.63) is 17.0 Å². The minimum Gasteiger partial charge on any atom is -0.385 e. The summed E-state index contributed by atoms with van der Waals surface area (Å²) in [6.07, 6.45) is 0.995. The standard InChI is InChI=1S/C13H20ClNO4S2/c1-13(2,6-7-19-3)9-15-11(16)8-10-4-5-12(20-10)21(14,17)18/h4-5H,6-9H2,1-3H3,(H,15,16). The van der Waals surface area contributed by atoms with Gasteiger partial charge in [-0.25, -0.2) is 8.42 Å². The molecule has 1 amide bonds. The largest absolute Gasteiger partial charge is 0.385 e. The van der Waals surface area contributed by atoms with Gasteiger partial charge in [-0.3, -0.25) is 4.79 Å². The lowest BCUT2D eigenvalue weighted by molar-refractivity contribution is -0.120. The molecule has 0 bridgehead atoms. The van der Waals surface area contributed by atoms with Crippen LogP contribution in [0.15, 0.2) is 16.3 Å². The number of ether oxygens (including phenoxy) is 1. The molecule has 0 saturated heterocycles. The average Bonchev–Trinajstić information content (AvgIpc) is 2.83. The van der Waals surface area contributed by atoms with Crippen molar-refractivity contribution in [3.8, 4) is 0 Å². The minimum absolute atomic E-state index is 0.0498. The van der Waals surface area contributed by atoms with E-state index in [-0.39, 0.29) is 22.0 Å². The van der Waals surface area contributed by atoms with Crippen molar-refractivity contribution in [2.45, 2.75) is 30.9 Å². The fraction of sp³-hybridized carbons (Fsp3) is 0.615. The number of rotatable bonds is 8. The van der Waals surface area contributed by atoms with E-state index in [9.17, 15) is 13.2 Å². The van der Waals surface area contributed by atoms with E-state index < -0.39 is 9.05 Å². The Labute approximate surface area is 134 Å². The van der Waals surface area contributed by atoms with Gasteiger partial charge in [0.15, 0.2) is 0 Å². The van der Waals surface area contributed by atoms with Crippen LogP contribution < -0.4 is 5.32 Å². The lowest BCUT2D eigenvalue weighted by Crippen LogP contribution is -2.35. The molecule has 0 aliphatic heterocycles. The number of methoxy groups -OCH3 is 1. The van der Waals surface area contributed by atoms with Crippen molar-refractivity contribution in [1.29, 1.82) is 0 Å². The Morgan fingerprint density at radius 1 is 1.43 bits per heavy atom. The van der Waals surface area contributed by atoms with E-state index in [4.69, 9.17) is 15.4 Å². The van der Waals surface area contributed by atoms with Gasteiger partial charge in [-0.05, 0) is 24.0 Å². The van der Waals surface area contributed by atoms with E-state index in [1.54, 1.807) is 13.2 Å². The Morgan fingerprint density at radius 3 is 2.62 bits per heavy atom. The molecule has 1 aromatic heterocycles.